The van der Waals surface area contributed by atoms with Gasteiger partial charge in [0.25, 0.3) is 11.8 Å². The Hall–Kier alpha value is -5.52. The molecule has 2 fully saturated rings. The maximum absolute atomic E-state index is 14.7. The molecule has 0 spiro atoms. The first kappa shape index (κ1) is 36.8. The average molecular weight is 717 g/mol. The highest BCUT2D eigenvalue weighted by Gasteiger charge is 2.32. The third-order valence-electron chi connectivity index (χ3n) is 8.66. The van der Waals surface area contributed by atoms with Crippen molar-refractivity contribution >= 4 is 40.9 Å². The van der Waals surface area contributed by atoms with E-state index in [1.165, 1.54) is 12.1 Å². The third kappa shape index (κ3) is 9.39. The zero-order valence-corrected chi connectivity index (χ0v) is 27.5. The van der Waals surface area contributed by atoms with Gasteiger partial charge in [-0.05, 0) is 43.7 Å². The number of rotatable bonds is 11. The van der Waals surface area contributed by atoms with E-state index in [0.29, 0.717) is 24.7 Å². The van der Waals surface area contributed by atoms with E-state index in [2.05, 4.69) is 42.3 Å². The van der Waals surface area contributed by atoms with Crippen LogP contribution < -0.4 is 26.8 Å². The van der Waals surface area contributed by atoms with Crippen LogP contribution >= 0.6 is 0 Å². The number of alkyl halides is 3. The molecule has 3 amide bonds. The Bertz CT molecular complexity index is 1810. The molecule has 0 unspecified atom stereocenters. The van der Waals surface area contributed by atoms with Gasteiger partial charge < -0.3 is 36.6 Å². The summed E-state index contributed by atoms with van der Waals surface area (Å²) in [5.74, 6) is -2.76. The number of aromatic nitrogens is 3. The fourth-order valence-electron chi connectivity index (χ4n) is 6.01. The Kier molecular flexibility index (Phi) is 11.2. The van der Waals surface area contributed by atoms with Crippen molar-refractivity contribution in [3.8, 4) is 5.75 Å². The van der Waals surface area contributed by atoms with Gasteiger partial charge in [0.15, 0.2) is 5.69 Å². The van der Waals surface area contributed by atoms with Crippen molar-refractivity contribution in [2.24, 2.45) is 5.73 Å². The van der Waals surface area contributed by atoms with Gasteiger partial charge in [-0.3, -0.25) is 19.3 Å². The van der Waals surface area contributed by atoms with Crippen LogP contribution in [0.1, 0.15) is 39.3 Å². The zero-order valence-electron chi connectivity index (χ0n) is 27.5. The molecule has 4 heterocycles. The van der Waals surface area contributed by atoms with Crippen LogP contribution in [0.25, 0.3) is 0 Å². The molecule has 1 aromatic carbocycles. The van der Waals surface area contributed by atoms with Gasteiger partial charge in [-0.15, -0.1) is 13.2 Å². The Labute approximate surface area is 289 Å². The number of piperazine rings is 1. The van der Waals surface area contributed by atoms with Gasteiger partial charge in [0.05, 0.1) is 30.5 Å². The molecule has 0 radical (unpaired) electrons. The molecule has 272 valence electrons. The predicted molar refractivity (Wildman–Crippen MR) is 176 cm³/mol. The Morgan fingerprint density at radius 1 is 1.04 bits per heavy atom. The van der Waals surface area contributed by atoms with Crippen molar-refractivity contribution in [1.82, 2.24) is 29.5 Å². The molecule has 0 atom stereocenters. The highest BCUT2D eigenvalue weighted by molar-refractivity contribution is 6.13. The summed E-state index contributed by atoms with van der Waals surface area (Å²) in [6.07, 6.45) is -2.50. The molecule has 15 nitrogen and oxygen atoms in total. The maximum atomic E-state index is 14.7. The van der Waals surface area contributed by atoms with Crippen LogP contribution in [0.15, 0.2) is 42.2 Å². The van der Waals surface area contributed by atoms with Crippen LogP contribution in [0, 0.1) is 5.95 Å². The van der Waals surface area contributed by atoms with E-state index in [0.717, 1.165) is 68.1 Å². The molecule has 3 aromatic rings. The van der Waals surface area contributed by atoms with E-state index in [-0.39, 0.29) is 30.2 Å². The summed E-state index contributed by atoms with van der Waals surface area (Å²) in [4.78, 5) is 60.4. The standard InChI is InChI=1S/C32H36F4N10O5/c1-43-10-12-45(13-11-43)21-6-8-44(9-7-21)22(18-47)17-46-29(37)26(30(38)49)27(42-46)31(50)41-24-15-20(16-39-28(24)33)40-25(48)14-19-2-4-23(5-3-19)51-32(34,35)36/h2-5,15-16,21H,6-14,17,37H2,1H3,(H2,38,49)(H,40,48)(H,41,50). The van der Waals surface area contributed by atoms with E-state index in [1.54, 1.807) is 0 Å². The molecule has 2 aliphatic rings. The van der Waals surface area contributed by atoms with E-state index in [1.807, 2.05) is 10.8 Å². The molecule has 0 bridgehead atoms. The molecule has 6 N–H and O–H groups in total. The number of primary amides is 1. The second kappa shape index (κ2) is 15.6. The summed E-state index contributed by atoms with van der Waals surface area (Å²) < 4.78 is 56.8. The van der Waals surface area contributed by atoms with Crippen molar-refractivity contribution in [2.45, 2.75) is 38.2 Å². The van der Waals surface area contributed by atoms with E-state index >= 15 is 0 Å². The van der Waals surface area contributed by atoms with Gasteiger partial charge in [0, 0.05) is 45.3 Å². The van der Waals surface area contributed by atoms with Gasteiger partial charge in [0.1, 0.15) is 28.8 Å². The number of benzene rings is 1. The lowest BCUT2D eigenvalue weighted by atomic mass is 10.0. The number of ether oxygens (including phenoxy) is 1. The number of pyridine rings is 1. The molecular formula is C32H36F4N10O5. The second-order valence-corrected chi connectivity index (χ2v) is 12.2. The first-order valence-electron chi connectivity index (χ1n) is 15.9. The molecule has 0 saturated carbocycles. The average Bonchev–Trinajstić information content (AvgIpc) is 3.41. The SMILES string of the molecule is CN1CCN(C2CCN(C(=C=O)Cn3nc(C(=O)Nc4cc(NC(=O)Cc5ccc(OC(F)(F)F)cc5)cnc4F)c(C(N)=O)c3N)CC2)CC1. The molecule has 2 aromatic heterocycles. The number of likely N-dealkylation sites (N-methyl/N-ethyl adjacent to an activating group) is 1. The number of nitrogens with one attached hydrogen (secondary N) is 2. The Morgan fingerprint density at radius 2 is 1.71 bits per heavy atom. The monoisotopic (exact) mass is 716 g/mol. The van der Waals surface area contributed by atoms with Gasteiger partial charge in [-0.25, -0.2) is 14.5 Å². The lowest BCUT2D eigenvalue weighted by Gasteiger charge is -2.42. The number of piperidine rings is 1. The molecule has 5 rings (SSSR count). The minimum Gasteiger partial charge on any atom is -0.406 e. The number of amides is 3. The minimum absolute atomic E-state index is 0.0361. The van der Waals surface area contributed by atoms with Crippen molar-refractivity contribution in [2.75, 3.05) is 62.7 Å². The fraction of sp³-hybridized carbons (Fsp3) is 0.406. The van der Waals surface area contributed by atoms with Gasteiger partial charge in [0.2, 0.25) is 11.9 Å². The third-order valence-corrected chi connectivity index (χ3v) is 8.66. The number of nitrogens with zero attached hydrogens (tertiary/aromatic N) is 6. The number of hydrogen-bond acceptors (Lipinski definition) is 11. The predicted octanol–water partition coefficient (Wildman–Crippen LogP) is 1.86. The van der Waals surface area contributed by atoms with Crippen LogP contribution in [0.4, 0.5) is 34.8 Å². The molecule has 0 aliphatic carbocycles. The summed E-state index contributed by atoms with van der Waals surface area (Å²) in [6, 6.07) is 6.07. The molecule has 2 saturated heterocycles. The molecule has 51 heavy (non-hydrogen) atoms. The van der Waals surface area contributed by atoms with Crippen molar-refractivity contribution in [3.05, 3.63) is 65.0 Å². The molecule has 19 heteroatoms. The highest BCUT2D eigenvalue weighted by Crippen LogP contribution is 2.26. The number of nitrogens with two attached hydrogens (primary N) is 2. The van der Waals surface area contributed by atoms with E-state index in [9.17, 15) is 36.7 Å². The van der Waals surface area contributed by atoms with Crippen molar-refractivity contribution < 1.29 is 41.5 Å². The smallest absolute Gasteiger partial charge is 0.406 e. The van der Waals surface area contributed by atoms with Crippen LogP contribution in [0.2, 0.25) is 0 Å². The van der Waals surface area contributed by atoms with E-state index in [4.69, 9.17) is 11.5 Å². The first-order chi connectivity index (χ1) is 24.2. The van der Waals surface area contributed by atoms with Gasteiger partial charge >= 0.3 is 6.36 Å². The summed E-state index contributed by atoms with van der Waals surface area (Å²) >= 11 is 0. The molecular weight excluding hydrogens is 680 g/mol. The van der Waals surface area contributed by atoms with Crippen molar-refractivity contribution in [3.63, 3.8) is 0 Å². The lowest BCUT2D eigenvalue weighted by Crippen LogP contribution is -2.52. The molecule has 2 aliphatic heterocycles. The number of carbonyl (C=O) groups is 3. The Morgan fingerprint density at radius 3 is 2.31 bits per heavy atom. The highest BCUT2D eigenvalue weighted by atomic mass is 19.4. The maximum Gasteiger partial charge on any atom is 0.573 e. The number of anilines is 3. The summed E-state index contributed by atoms with van der Waals surface area (Å²) in [5, 5.41) is 8.83. The first-order valence-corrected chi connectivity index (χ1v) is 15.9. The number of halogens is 4. The number of carbonyl (C=O) groups excluding carboxylic acids is 4. The fourth-order valence-corrected chi connectivity index (χ4v) is 6.01. The Balaban J connectivity index is 1.23. The van der Waals surface area contributed by atoms with Crippen LogP contribution in [-0.2, 0) is 22.6 Å². The number of hydrogen-bond donors (Lipinski definition) is 4. The van der Waals surface area contributed by atoms with Gasteiger partial charge in [-0.2, -0.15) is 9.49 Å². The lowest BCUT2D eigenvalue weighted by molar-refractivity contribution is -0.274. The summed E-state index contributed by atoms with van der Waals surface area (Å²) in [5.41, 5.74) is 10.7. The van der Waals surface area contributed by atoms with Crippen LogP contribution in [-0.4, -0.2) is 112 Å². The largest absolute Gasteiger partial charge is 0.573 e. The summed E-state index contributed by atoms with van der Waals surface area (Å²) in [7, 11) is 2.09. The minimum atomic E-state index is -4.87. The second-order valence-electron chi connectivity index (χ2n) is 12.2. The van der Waals surface area contributed by atoms with Crippen LogP contribution in [0.5, 0.6) is 5.75 Å². The normalized spacial score (nSPS) is 16.0. The number of nitrogen functional groups attached to an aromatic ring is 1. The van der Waals surface area contributed by atoms with Gasteiger partial charge in [-0.1, -0.05) is 12.1 Å². The number of likely N-dealkylation sites (tertiary alicyclic amines) is 1. The summed E-state index contributed by atoms with van der Waals surface area (Å²) in [6.45, 7) is 4.90. The topological polar surface area (TPSA) is 194 Å². The zero-order chi connectivity index (χ0) is 36.9. The quantitative estimate of drug-likeness (QED) is 0.129. The van der Waals surface area contributed by atoms with Crippen LogP contribution in [0.3, 0.4) is 0 Å². The van der Waals surface area contributed by atoms with Crippen molar-refractivity contribution in [1.29, 1.82) is 0 Å². The number of allylic oxidation sites excluding steroid dienone is 1. The van der Waals surface area contributed by atoms with E-state index < -0.39 is 52.7 Å².